The number of aryl methyl sites for hydroxylation is 1. The SMILES string of the molecule is O=C(Cc1ccc(CCC2CCCC2)o1)C(=O)c1nc[nH]n1. The molecule has 0 aliphatic heterocycles. The topological polar surface area (TPSA) is 88.9 Å². The number of aromatic nitrogens is 3. The van der Waals surface area contributed by atoms with Gasteiger partial charge in [0, 0.05) is 6.42 Å². The van der Waals surface area contributed by atoms with Gasteiger partial charge < -0.3 is 4.42 Å². The highest BCUT2D eigenvalue weighted by molar-refractivity contribution is 6.42. The largest absolute Gasteiger partial charge is 0.466 e. The van der Waals surface area contributed by atoms with Gasteiger partial charge in [-0.25, -0.2) is 4.98 Å². The van der Waals surface area contributed by atoms with Gasteiger partial charge in [0.05, 0.1) is 6.42 Å². The Morgan fingerprint density at radius 3 is 2.73 bits per heavy atom. The van der Waals surface area contributed by atoms with E-state index in [1.54, 1.807) is 6.07 Å². The lowest BCUT2D eigenvalue weighted by Crippen LogP contribution is -2.17. The first-order valence-corrected chi connectivity index (χ1v) is 7.73. The van der Waals surface area contributed by atoms with Gasteiger partial charge in [0.1, 0.15) is 17.8 Å². The molecule has 2 heterocycles. The van der Waals surface area contributed by atoms with E-state index in [1.807, 2.05) is 6.07 Å². The van der Waals surface area contributed by atoms with Crippen LogP contribution in [0, 0.1) is 5.92 Å². The van der Waals surface area contributed by atoms with Crippen LogP contribution in [0.25, 0.3) is 0 Å². The third kappa shape index (κ3) is 3.50. The summed E-state index contributed by atoms with van der Waals surface area (Å²) < 4.78 is 5.66. The lowest BCUT2D eigenvalue weighted by Gasteiger charge is -2.06. The Balaban J connectivity index is 1.52. The number of carbonyl (C=O) groups excluding carboxylic acids is 2. The molecule has 0 radical (unpaired) electrons. The number of ketones is 2. The minimum Gasteiger partial charge on any atom is -0.466 e. The molecular weight excluding hydrogens is 282 g/mol. The minimum absolute atomic E-state index is 0.0448. The Bertz CT molecular complexity index is 639. The van der Waals surface area contributed by atoms with Crippen LogP contribution in [-0.4, -0.2) is 26.7 Å². The molecular formula is C16H19N3O3. The van der Waals surface area contributed by atoms with Gasteiger partial charge in [-0.3, -0.25) is 14.7 Å². The Morgan fingerprint density at radius 2 is 2.00 bits per heavy atom. The number of H-pyrrole nitrogens is 1. The van der Waals surface area contributed by atoms with Gasteiger partial charge in [-0.1, -0.05) is 25.7 Å². The van der Waals surface area contributed by atoms with Crippen LogP contribution < -0.4 is 0 Å². The molecule has 116 valence electrons. The maximum atomic E-state index is 11.9. The third-order valence-corrected chi connectivity index (χ3v) is 4.20. The average Bonchev–Trinajstić information content (AvgIpc) is 3.26. The van der Waals surface area contributed by atoms with Crippen LogP contribution in [0.1, 0.15) is 54.2 Å². The first-order chi connectivity index (χ1) is 10.7. The summed E-state index contributed by atoms with van der Waals surface area (Å²) >= 11 is 0. The van der Waals surface area contributed by atoms with Crippen molar-refractivity contribution in [3.63, 3.8) is 0 Å². The van der Waals surface area contributed by atoms with Gasteiger partial charge in [0.2, 0.25) is 11.6 Å². The van der Waals surface area contributed by atoms with Crippen molar-refractivity contribution in [1.29, 1.82) is 0 Å². The third-order valence-electron chi connectivity index (χ3n) is 4.20. The summed E-state index contributed by atoms with van der Waals surface area (Å²) in [4.78, 5) is 27.4. The van der Waals surface area contributed by atoms with E-state index < -0.39 is 11.6 Å². The minimum atomic E-state index is -0.690. The van der Waals surface area contributed by atoms with E-state index in [2.05, 4.69) is 15.2 Å². The number of furan rings is 1. The number of hydrogen-bond acceptors (Lipinski definition) is 5. The quantitative estimate of drug-likeness (QED) is 0.627. The fraction of sp³-hybridized carbons (Fsp3) is 0.500. The molecule has 0 unspecified atom stereocenters. The van der Waals surface area contributed by atoms with Crippen molar-refractivity contribution in [2.75, 3.05) is 0 Å². The summed E-state index contributed by atoms with van der Waals surface area (Å²) in [6.07, 6.45) is 8.57. The predicted octanol–water partition coefficient (Wildman–Crippen LogP) is 2.52. The summed E-state index contributed by atoms with van der Waals surface area (Å²) in [5.41, 5.74) is 0. The van der Waals surface area contributed by atoms with Crippen molar-refractivity contribution in [3.05, 3.63) is 35.8 Å². The van der Waals surface area contributed by atoms with E-state index >= 15 is 0 Å². The fourth-order valence-corrected chi connectivity index (χ4v) is 2.98. The molecule has 1 fully saturated rings. The number of rotatable bonds is 7. The van der Waals surface area contributed by atoms with Crippen molar-refractivity contribution in [2.45, 2.75) is 44.9 Å². The Kier molecular flexibility index (Phi) is 4.46. The van der Waals surface area contributed by atoms with Crippen LogP contribution in [0.5, 0.6) is 0 Å². The molecule has 2 aromatic heterocycles. The number of nitrogens with one attached hydrogen (secondary N) is 1. The average molecular weight is 301 g/mol. The van der Waals surface area contributed by atoms with E-state index in [0.717, 1.165) is 24.5 Å². The van der Waals surface area contributed by atoms with Crippen molar-refractivity contribution in [2.24, 2.45) is 5.92 Å². The van der Waals surface area contributed by atoms with Crippen LogP contribution >= 0.6 is 0 Å². The number of hydrogen-bond donors (Lipinski definition) is 1. The monoisotopic (exact) mass is 301 g/mol. The summed E-state index contributed by atoms with van der Waals surface area (Å²) in [7, 11) is 0. The Labute approximate surface area is 128 Å². The highest BCUT2D eigenvalue weighted by Gasteiger charge is 2.21. The second-order valence-corrected chi connectivity index (χ2v) is 5.81. The maximum absolute atomic E-state index is 11.9. The Hall–Kier alpha value is -2.24. The predicted molar refractivity (Wildman–Crippen MR) is 78.4 cm³/mol. The molecule has 1 aliphatic carbocycles. The maximum Gasteiger partial charge on any atom is 0.268 e. The normalized spacial score (nSPS) is 15.3. The van der Waals surface area contributed by atoms with Gasteiger partial charge in [0.25, 0.3) is 5.78 Å². The van der Waals surface area contributed by atoms with Gasteiger partial charge in [-0.2, -0.15) is 0 Å². The summed E-state index contributed by atoms with van der Waals surface area (Å²) in [6.45, 7) is 0. The number of nitrogens with zero attached hydrogens (tertiary/aromatic N) is 2. The van der Waals surface area contributed by atoms with E-state index in [1.165, 1.54) is 32.0 Å². The van der Waals surface area contributed by atoms with Crippen molar-refractivity contribution in [1.82, 2.24) is 15.2 Å². The Morgan fingerprint density at radius 1 is 1.23 bits per heavy atom. The number of Topliss-reactive ketones (excluding diaryl/α,β-unsaturated/α-hetero) is 2. The molecule has 0 spiro atoms. The standard InChI is InChI=1S/C16H19N3O3/c20-14(15(21)16-17-10-18-19-16)9-13-8-7-12(22-13)6-5-11-3-1-2-4-11/h7-8,10-11H,1-6,9H2,(H,17,18,19). The van der Waals surface area contributed by atoms with Crippen LogP contribution in [0.4, 0.5) is 0 Å². The first kappa shape index (κ1) is 14.7. The van der Waals surface area contributed by atoms with E-state index in [4.69, 9.17) is 4.42 Å². The van der Waals surface area contributed by atoms with E-state index in [0.29, 0.717) is 5.76 Å². The second kappa shape index (κ2) is 6.68. The molecule has 22 heavy (non-hydrogen) atoms. The van der Waals surface area contributed by atoms with Gasteiger partial charge in [-0.15, -0.1) is 5.10 Å². The summed E-state index contributed by atoms with van der Waals surface area (Å²) in [5.74, 6) is 0.873. The lowest BCUT2D eigenvalue weighted by atomic mass is 10.0. The molecule has 0 amide bonds. The van der Waals surface area contributed by atoms with Gasteiger partial charge >= 0.3 is 0 Å². The molecule has 0 aromatic carbocycles. The first-order valence-electron chi connectivity index (χ1n) is 7.73. The molecule has 1 aliphatic rings. The lowest BCUT2D eigenvalue weighted by molar-refractivity contribution is -0.114. The highest BCUT2D eigenvalue weighted by Crippen LogP contribution is 2.28. The molecule has 2 aromatic rings. The number of carbonyl (C=O) groups is 2. The molecule has 6 nitrogen and oxygen atoms in total. The van der Waals surface area contributed by atoms with Crippen LogP contribution in [0.2, 0.25) is 0 Å². The molecule has 0 atom stereocenters. The van der Waals surface area contributed by atoms with Crippen LogP contribution in [0.3, 0.4) is 0 Å². The van der Waals surface area contributed by atoms with Crippen molar-refractivity contribution in [3.8, 4) is 0 Å². The molecule has 0 bridgehead atoms. The zero-order chi connectivity index (χ0) is 15.4. The number of aromatic amines is 1. The smallest absolute Gasteiger partial charge is 0.268 e. The van der Waals surface area contributed by atoms with E-state index in [9.17, 15) is 9.59 Å². The van der Waals surface area contributed by atoms with E-state index in [-0.39, 0.29) is 12.2 Å². The van der Waals surface area contributed by atoms with Crippen LogP contribution in [0.15, 0.2) is 22.9 Å². The highest BCUT2D eigenvalue weighted by atomic mass is 16.3. The summed E-state index contributed by atoms with van der Waals surface area (Å²) in [5, 5.41) is 6.04. The van der Waals surface area contributed by atoms with Crippen LogP contribution in [-0.2, 0) is 17.6 Å². The molecule has 1 saturated carbocycles. The summed E-state index contributed by atoms with van der Waals surface area (Å²) in [6, 6.07) is 3.67. The zero-order valence-corrected chi connectivity index (χ0v) is 12.4. The molecule has 0 saturated heterocycles. The van der Waals surface area contributed by atoms with Gasteiger partial charge in [0.15, 0.2) is 0 Å². The molecule has 3 rings (SSSR count). The van der Waals surface area contributed by atoms with Crippen molar-refractivity contribution < 1.29 is 14.0 Å². The molecule has 6 heteroatoms. The zero-order valence-electron chi connectivity index (χ0n) is 12.4. The van der Waals surface area contributed by atoms with Crippen molar-refractivity contribution >= 4 is 11.6 Å². The second-order valence-electron chi connectivity index (χ2n) is 5.81. The molecule has 1 N–H and O–H groups in total. The fourth-order valence-electron chi connectivity index (χ4n) is 2.98. The van der Waals surface area contributed by atoms with Gasteiger partial charge in [-0.05, 0) is 24.5 Å².